The molecule has 0 aromatic carbocycles. The molecule has 0 aliphatic carbocycles. The van der Waals surface area contributed by atoms with E-state index in [-0.39, 0.29) is 17.8 Å². The summed E-state index contributed by atoms with van der Waals surface area (Å²) in [5, 5.41) is 19.7. The topological polar surface area (TPSA) is 101 Å². The number of rotatable bonds is 3. The zero-order chi connectivity index (χ0) is 12.4. The van der Waals surface area contributed by atoms with E-state index in [1.807, 2.05) is 20.9 Å². The van der Waals surface area contributed by atoms with E-state index in [9.17, 15) is 4.79 Å². The second-order valence-electron chi connectivity index (χ2n) is 3.74. The van der Waals surface area contributed by atoms with Crippen LogP contribution in [0.2, 0.25) is 0 Å². The summed E-state index contributed by atoms with van der Waals surface area (Å²) in [6.45, 7) is 3.82. The van der Waals surface area contributed by atoms with Gasteiger partial charge in [0.05, 0.1) is 12.2 Å². The van der Waals surface area contributed by atoms with Gasteiger partial charge in [-0.3, -0.25) is 9.48 Å². The Labute approximate surface area is 97.4 Å². The summed E-state index contributed by atoms with van der Waals surface area (Å²) < 4.78 is 1.76. The third-order valence-corrected chi connectivity index (χ3v) is 2.64. The number of H-pyrrole nitrogens is 1. The van der Waals surface area contributed by atoms with Crippen LogP contribution in [0.3, 0.4) is 0 Å². The van der Waals surface area contributed by atoms with Crippen molar-refractivity contribution in [1.82, 2.24) is 35.7 Å². The summed E-state index contributed by atoms with van der Waals surface area (Å²) >= 11 is 0. The number of aryl methyl sites for hydroxylation is 1. The SMILES string of the molecule is Cc1c(C(C)NC(=O)c2nn[nH]n2)cnn1C. The van der Waals surface area contributed by atoms with Gasteiger partial charge in [0.1, 0.15) is 0 Å². The van der Waals surface area contributed by atoms with Crippen LogP contribution in [0.25, 0.3) is 0 Å². The average molecular weight is 235 g/mol. The second kappa shape index (κ2) is 4.32. The number of carbonyl (C=O) groups excluding carboxylic acids is 1. The minimum atomic E-state index is -0.366. The van der Waals surface area contributed by atoms with E-state index in [1.165, 1.54) is 0 Å². The molecule has 2 aromatic rings. The van der Waals surface area contributed by atoms with Crippen LogP contribution in [-0.2, 0) is 7.05 Å². The summed E-state index contributed by atoms with van der Waals surface area (Å²) in [5.74, 6) is -0.340. The lowest BCUT2D eigenvalue weighted by Gasteiger charge is -2.11. The van der Waals surface area contributed by atoms with Crippen LogP contribution >= 0.6 is 0 Å². The van der Waals surface area contributed by atoms with E-state index in [0.717, 1.165) is 11.3 Å². The van der Waals surface area contributed by atoms with Crippen LogP contribution in [0.15, 0.2) is 6.20 Å². The summed E-state index contributed by atoms with van der Waals surface area (Å²) in [4.78, 5) is 11.7. The van der Waals surface area contributed by atoms with E-state index in [2.05, 4.69) is 31.0 Å². The normalized spacial score (nSPS) is 12.4. The number of carbonyl (C=O) groups is 1. The second-order valence-corrected chi connectivity index (χ2v) is 3.74. The van der Waals surface area contributed by atoms with E-state index in [1.54, 1.807) is 10.9 Å². The first-order chi connectivity index (χ1) is 8.09. The predicted molar refractivity (Wildman–Crippen MR) is 58.0 cm³/mol. The third-order valence-electron chi connectivity index (χ3n) is 2.64. The Morgan fingerprint density at radius 2 is 2.35 bits per heavy atom. The molecule has 2 heterocycles. The van der Waals surface area contributed by atoms with Gasteiger partial charge in [-0.25, -0.2) is 0 Å². The van der Waals surface area contributed by atoms with Crippen LogP contribution in [0.5, 0.6) is 0 Å². The minimum absolute atomic E-state index is 0.0263. The van der Waals surface area contributed by atoms with E-state index >= 15 is 0 Å². The molecule has 0 spiro atoms. The van der Waals surface area contributed by atoms with Crippen LogP contribution in [0.1, 0.15) is 34.8 Å². The summed E-state index contributed by atoms with van der Waals surface area (Å²) in [7, 11) is 1.85. The maximum Gasteiger partial charge on any atom is 0.293 e. The van der Waals surface area contributed by atoms with E-state index in [0.29, 0.717) is 0 Å². The standard InChI is InChI=1S/C9H13N7O/c1-5(7-4-10-16(3)6(7)2)11-9(17)8-12-14-15-13-8/h4-5H,1-3H3,(H,11,17)(H,12,13,14,15). The number of hydrogen-bond acceptors (Lipinski definition) is 5. The maximum atomic E-state index is 11.7. The van der Waals surface area contributed by atoms with Gasteiger partial charge in [-0.2, -0.15) is 10.3 Å². The van der Waals surface area contributed by atoms with Gasteiger partial charge < -0.3 is 5.32 Å². The zero-order valence-electron chi connectivity index (χ0n) is 9.80. The van der Waals surface area contributed by atoms with Crippen LogP contribution in [-0.4, -0.2) is 36.3 Å². The fraction of sp³-hybridized carbons (Fsp3) is 0.444. The Bertz CT molecular complexity index is 515. The molecule has 1 unspecified atom stereocenters. The van der Waals surface area contributed by atoms with Crippen LogP contribution in [0.4, 0.5) is 0 Å². The lowest BCUT2D eigenvalue weighted by Crippen LogP contribution is -2.28. The molecule has 2 rings (SSSR count). The molecule has 0 saturated carbocycles. The van der Waals surface area contributed by atoms with Crippen molar-refractivity contribution in [2.24, 2.45) is 7.05 Å². The smallest absolute Gasteiger partial charge is 0.293 e. The van der Waals surface area contributed by atoms with Gasteiger partial charge in [0.25, 0.3) is 11.7 Å². The molecule has 1 amide bonds. The molecular formula is C9H13N7O. The molecule has 17 heavy (non-hydrogen) atoms. The number of nitrogens with one attached hydrogen (secondary N) is 2. The van der Waals surface area contributed by atoms with Gasteiger partial charge in [0, 0.05) is 18.3 Å². The van der Waals surface area contributed by atoms with Crippen molar-refractivity contribution < 1.29 is 4.79 Å². The molecule has 0 aliphatic heterocycles. The Morgan fingerprint density at radius 3 is 2.88 bits per heavy atom. The lowest BCUT2D eigenvalue weighted by molar-refractivity contribution is 0.0929. The third kappa shape index (κ3) is 2.14. The molecule has 1 atom stereocenters. The van der Waals surface area contributed by atoms with Gasteiger partial charge in [-0.1, -0.05) is 0 Å². The highest BCUT2D eigenvalue weighted by Crippen LogP contribution is 2.15. The monoisotopic (exact) mass is 235 g/mol. The summed E-state index contributed by atoms with van der Waals surface area (Å²) in [6, 6.07) is -0.158. The first-order valence-corrected chi connectivity index (χ1v) is 5.12. The molecular weight excluding hydrogens is 222 g/mol. The Hall–Kier alpha value is -2.25. The molecule has 2 aromatic heterocycles. The Balaban J connectivity index is 2.10. The molecule has 90 valence electrons. The number of aromatic nitrogens is 6. The predicted octanol–water partition coefficient (Wildman–Crippen LogP) is -0.267. The lowest BCUT2D eigenvalue weighted by atomic mass is 10.1. The first-order valence-electron chi connectivity index (χ1n) is 5.12. The van der Waals surface area contributed by atoms with Crippen LogP contribution in [0, 0.1) is 6.92 Å². The van der Waals surface area contributed by atoms with Crippen molar-refractivity contribution >= 4 is 5.91 Å². The fourth-order valence-corrected chi connectivity index (χ4v) is 1.54. The maximum absolute atomic E-state index is 11.7. The van der Waals surface area contributed by atoms with Gasteiger partial charge in [-0.05, 0) is 19.1 Å². The molecule has 8 heteroatoms. The first kappa shape index (κ1) is 11.2. The highest BCUT2D eigenvalue weighted by atomic mass is 16.2. The molecule has 0 fully saturated rings. The molecule has 2 N–H and O–H groups in total. The molecule has 0 aliphatic rings. The number of hydrogen-bond donors (Lipinski definition) is 2. The highest BCUT2D eigenvalue weighted by Gasteiger charge is 2.17. The largest absolute Gasteiger partial charge is 0.343 e. The summed E-state index contributed by atoms with van der Waals surface area (Å²) in [6.07, 6.45) is 1.73. The number of amides is 1. The van der Waals surface area contributed by atoms with Crippen molar-refractivity contribution in [3.8, 4) is 0 Å². The minimum Gasteiger partial charge on any atom is -0.343 e. The number of tetrazole rings is 1. The quantitative estimate of drug-likeness (QED) is 0.762. The summed E-state index contributed by atoms with van der Waals surface area (Å²) in [5.41, 5.74) is 1.97. The van der Waals surface area contributed by atoms with Crippen molar-refractivity contribution in [3.05, 3.63) is 23.3 Å². The van der Waals surface area contributed by atoms with Gasteiger partial charge in [0.15, 0.2) is 0 Å². The Kier molecular flexibility index (Phi) is 2.86. The van der Waals surface area contributed by atoms with Gasteiger partial charge in [0.2, 0.25) is 0 Å². The van der Waals surface area contributed by atoms with E-state index < -0.39 is 0 Å². The van der Waals surface area contributed by atoms with Crippen molar-refractivity contribution in [2.45, 2.75) is 19.9 Å². The highest BCUT2D eigenvalue weighted by molar-refractivity contribution is 5.90. The molecule has 0 saturated heterocycles. The van der Waals surface area contributed by atoms with Crippen molar-refractivity contribution in [3.63, 3.8) is 0 Å². The van der Waals surface area contributed by atoms with Crippen LogP contribution < -0.4 is 5.32 Å². The van der Waals surface area contributed by atoms with Crippen molar-refractivity contribution in [2.75, 3.05) is 0 Å². The fourth-order valence-electron chi connectivity index (χ4n) is 1.54. The zero-order valence-corrected chi connectivity index (χ0v) is 9.80. The number of aromatic amines is 1. The molecule has 8 nitrogen and oxygen atoms in total. The average Bonchev–Trinajstić information content (AvgIpc) is 2.90. The van der Waals surface area contributed by atoms with E-state index in [4.69, 9.17) is 0 Å². The van der Waals surface area contributed by atoms with Crippen molar-refractivity contribution in [1.29, 1.82) is 0 Å². The van der Waals surface area contributed by atoms with Gasteiger partial charge in [-0.15, -0.1) is 10.2 Å². The Morgan fingerprint density at radius 1 is 1.59 bits per heavy atom. The molecule has 0 radical (unpaired) electrons. The van der Waals surface area contributed by atoms with Gasteiger partial charge >= 0.3 is 0 Å². The number of nitrogens with zero attached hydrogens (tertiary/aromatic N) is 5. The molecule has 0 bridgehead atoms.